The number of halogens is 2. The van der Waals surface area contributed by atoms with E-state index in [0.29, 0.717) is 47.3 Å². The average Bonchev–Trinajstić information content (AvgIpc) is 2.74. The molecule has 1 heterocycles. The number of carbonyl (C=O) groups is 1. The molecule has 3 rings (SSSR count). The molecule has 0 aliphatic carbocycles. The third kappa shape index (κ3) is 5.66. The Balaban J connectivity index is 1.63. The van der Waals surface area contributed by atoms with Crippen LogP contribution in [0.4, 0.5) is 0 Å². The first kappa shape index (κ1) is 22.9. The standard InChI is InChI=1S/C21H24Cl2N2O4S/c1-29-20-7-3-2-5-15(20)12-24-21(26)16-6-4-10-25(13-16)30(27,28)14-17-8-9-18(22)11-19(17)23/h2-3,5,7-9,11,16H,4,6,10,12-14H2,1H3,(H,24,26). The van der Waals surface area contributed by atoms with Crippen LogP contribution < -0.4 is 10.1 Å². The van der Waals surface area contributed by atoms with Gasteiger partial charge in [0, 0.05) is 35.2 Å². The lowest BCUT2D eigenvalue weighted by molar-refractivity contribution is -0.126. The van der Waals surface area contributed by atoms with Gasteiger partial charge in [-0.3, -0.25) is 4.79 Å². The number of sulfonamides is 1. The van der Waals surface area contributed by atoms with Gasteiger partial charge in [-0.15, -0.1) is 0 Å². The van der Waals surface area contributed by atoms with E-state index in [0.717, 1.165) is 5.56 Å². The Morgan fingerprint density at radius 1 is 1.20 bits per heavy atom. The second-order valence-corrected chi connectivity index (χ2v) is 10.0. The van der Waals surface area contributed by atoms with Crippen LogP contribution in [0.1, 0.15) is 24.0 Å². The van der Waals surface area contributed by atoms with Gasteiger partial charge in [-0.05, 0) is 36.6 Å². The molecular formula is C21H24Cl2N2O4S. The number of hydrogen-bond acceptors (Lipinski definition) is 4. The van der Waals surface area contributed by atoms with Crippen LogP contribution in [0.5, 0.6) is 5.75 Å². The maximum Gasteiger partial charge on any atom is 0.224 e. The molecule has 0 saturated carbocycles. The van der Waals surface area contributed by atoms with E-state index in [1.807, 2.05) is 24.3 Å². The van der Waals surface area contributed by atoms with Gasteiger partial charge in [0.2, 0.25) is 15.9 Å². The van der Waals surface area contributed by atoms with Gasteiger partial charge in [0.1, 0.15) is 5.75 Å². The zero-order valence-electron chi connectivity index (χ0n) is 16.6. The highest BCUT2D eigenvalue weighted by atomic mass is 35.5. The average molecular weight is 471 g/mol. The quantitative estimate of drug-likeness (QED) is 0.666. The molecule has 1 aliphatic heterocycles. The molecule has 0 bridgehead atoms. The second kappa shape index (κ2) is 10.0. The van der Waals surface area contributed by atoms with Gasteiger partial charge >= 0.3 is 0 Å². The van der Waals surface area contributed by atoms with Crippen LogP contribution in [-0.4, -0.2) is 38.8 Å². The number of hydrogen-bond donors (Lipinski definition) is 1. The van der Waals surface area contributed by atoms with Gasteiger partial charge in [0.05, 0.1) is 18.8 Å². The lowest BCUT2D eigenvalue weighted by Crippen LogP contribution is -2.45. The van der Waals surface area contributed by atoms with Gasteiger partial charge in [-0.25, -0.2) is 12.7 Å². The Bertz CT molecular complexity index is 1010. The number of nitrogens with zero attached hydrogens (tertiary/aromatic N) is 1. The fraction of sp³-hybridized carbons (Fsp3) is 0.381. The Morgan fingerprint density at radius 3 is 2.70 bits per heavy atom. The molecule has 1 atom stereocenters. The third-order valence-electron chi connectivity index (χ3n) is 5.15. The van der Waals surface area contributed by atoms with Crippen LogP contribution in [0.25, 0.3) is 0 Å². The molecule has 1 unspecified atom stereocenters. The van der Waals surface area contributed by atoms with Crippen molar-refractivity contribution in [2.75, 3.05) is 20.2 Å². The number of nitrogens with one attached hydrogen (secondary N) is 1. The lowest BCUT2D eigenvalue weighted by Gasteiger charge is -2.31. The Kier molecular flexibility index (Phi) is 7.63. The molecule has 1 saturated heterocycles. The first-order valence-electron chi connectivity index (χ1n) is 9.61. The van der Waals surface area contributed by atoms with Gasteiger partial charge < -0.3 is 10.1 Å². The SMILES string of the molecule is COc1ccccc1CNC(=O)C1CCCN(S(=O)(=O)Cc2ccc(Cl)cc2Cl)C1. The van der Waals surface area contributed by atoms with Crippen molar-refractivity contribution in [1.29, 1.82) is 0 Å². The predicted octanol–water partition coefficient (Wildman–Crippen LogP) is 3.86. The van der Waals surface area contributed by atoms with Crippen LogP contribution >= 0.6 is 23.2 Å². The molecule has 1 N–H and O–H groups in total. The predicted molar refractivity (Wildman–Crippen MR) is 118 cm³/mol. The van der Waals surface area contributed by atoms with E-state index >= 15 is 0 Å². The molecule has 30 heavy (non-hydrogen) atoms. The summed E-state index contributed by atoms with van der Waals surface area (Å²) in [6, 6.07) is 12.2. The van der Waals surface area contributed by atoms with E-state index in [-0.39, 0.29) is 18.2 Å². The van der Waals surface area contributed by atoms with E-state index in [1.54, 1.807) is 19.2 Å². The molecule has 162 valence electrons. The summed E-state index contributed by atoms with van der Waals surface area (Å²) in [6.07, 6.45) is 1.27. The molecule has 0 aromatic heterocycles. The number of methoxy groups -OCH3 is 1. The zero-order chi connectivity index (χ0) is 21.7. The molecule has 1 fully saturated rings. The first-order chi connectivity index (χ1) is 14.3. The number of amides is 1. The number of carbonyl (C=O) groups excluding carboxylic acids is 1. The molecule has 2 aromatic carbocycles. The highest BCUT2D eigenvalue weighted by Gasteiger charge is 2.32. The summed E-state index contributed by atoms with van der Waals surface area (Å²) in [5.41, 5.74) is 1.36. The first-order valence-corrected chi connectivity index (χ1v) is 12.0. The van der Waals surface area contributed by atoms with Crippen molar-refractivity contribution in [3.05, 3.63) is 63.6 Å². The lowest BCUT2D eigenvalue weighted by atomic mass is 9.98. The number of rotatable bonds is 7. The molecule has 9 heteroatoms. The van der Waals surface area contributed by atoms with Crippen molar-refractivity contribution in [3.63, 3.8) is 0 Å². The molecular weight excluding hydrogens is 447 g/mol. The monoisotopic (exact) mass is 470 g/mol. The topological polar surface area (TPSA) is 75.7 Å². The minimum Gasteiger partial charge on any atom is -0.496 e. The maximum atomic E-state index is 12.9. The smallest absolute Gasteiger partial charge is 0.224 e. The van der Waals surface area contributed by atoms with Crippen molar-refractivity contribution in [2.45, 2.75) is 25.1 Å². The molecule has 1 amide bonds. The van der Waals surface area contributed by atoms with Gasteiger partial charge in [-0.1, -0.05) is 47.5 Å². The summed E-state index contributed by atoms with van der Waals surface area (Å²) in [5.74, 6) is -0.0850. The number of ether oxygens (including phenoxy) is 1. The van der Waals surface area contributed by atoms with E-state index in [4.69, 9.17) is 27.9 Å². The molecule has 0 spiro atoms. The van der Waals surface area contributed by atoms with Crippen molar-refractivity contribution in [3.8, 4) is 5.75 Å². The second-order valence-electron chi connectivity index (χ2n) is 7.22. The number of piperidine rings is 1. The van der Waals surface area contributed by atoms with Crippen molar-refractivity contribution in [1.82, 2.24) is 9.62 Å². The Morgan fingerprint density at radius 2 is 1.97 bits per heavy atom. The van der Waals surface area contributed by atoms with E-state index in [2.05, 4.69) is 5.32 Å². The summed E-state index contributed by atoms with van der Waals surface area (Å²) in [4.78, 5) is 12.7. The van der Waals surface area contributed by atoms with Crippen molar-refractivity contribution < 1.29 is 17.9 Å². The summed E-state index contributed by atoms with van der Waals surface area (Å²) in [6.45, 7) is 0.877. The Hall–Kier alpha value is -1.80. The minimum atomic E-state index is -3.61. The third-order valence-corrected chi connectivity index (χ3v) is 7.53. The summed E-state index contributed by atoms with van der Waals surface area (Å²) in [7, 11) is -2.03. The van der Waals surface area contributed by atoms with Gasteiger partial charge in [0.15, 0.2) is 0 Å². The normalized spacial score (nSPS) is 17.5. The minimum absolute atomic E-state index is 0.158. The maximum absolute atomic E-state index is 12.9. The highest BCUT2D eigenvalue weighted by molar-refractivity contribution is 7.88. The van der Waals surface area contributed by atoms with Crippen molar-refractivity contribution >= 4 is 39.1 Å². The van der Waals surface area contributed by atoms with Crippen molar-refractivity contribution in [2.24, 2.45) is 5.92 Å². The van der Waals surface area contributed by atoms with Gasteiger partial charge in [0.25, 0.3) is 0 Å². The van der Waals surface area contributed by atoms with Crippen LogP contribution in [0.3, 0.4) is 0 Å². The number of benzene rings is 2. The molecule has 0 radical (unpaired) electrons. The van der Waals surface area contributed by atoms with Crippen LogP contribution in [0.15, 0.2) is 42.5 Å². The van der Waals surface area contributed by atoms with Crippen LogP contribution in [0, 0.1) is 5.92 Å². The van der Waals surface area contributed by atoms with E-state index in [1.165, 1.54) is 10.4 Å². The molecule has 6 nitrogen and oxygen atoms in total. The van der Waals surface area contributed by atoms with Gasteiger partial charge in [-0.2, -0.15) is 0 Å². The highest BCUT2D eigenvalue weighted by Crippen LogP contribution is 2.26. The number of para-hydroxylation sites is 1. The summed E-state index contributed by atoms with van der Waals surface area (Å²) < 4.78 is 32.5. The zero-order valence-corrected chi connectivity index (χ0v) is 18.9. The Labute approximate surface area is 187 Å². The van der Waals surface area contributed by atoms with Crippen LogP contribution in [-0.2, 0) is 27.1 Å². The summed E-state index contributed by atoms with van der Waals surface area (Å²) in [5, 5.41) is 3.67. The molecule has 1 aliphatic rings. The fourth-order valence-electron chi connectivity index (χ4n) is 3.51. The molecule has 2 aromatic rings. The fourth-order valence-corrected chi connectivity index (χ4v) is 5.71. The van der Waals surface area contributed by atoms with E-state index < -0.39 is 15.9 Å². The van der Waals surface area contributed by atoms with Crippen LogP contribution in [0.2, 0.25) is 10.0 Å². The summed E-state index contributed by atoms with van der Waals surface area (Å²) >= 11 is 12.0. The van der Waals surface area contributed by atoms with E-state index in [9.17, 15) is 13.2 Å². The largest absolute Gasteiger partial charge is 0.496 e.